The predicted octanol–water partition coefficient (Wildman–Crippen LogP) is 0.862. The van der Waals surface area contributed by atoms with Crippen LogP contribution in [0.25, 0.3) is 0 Å². The molecule has 1 atom stereocenters. The molecule has 0 radical (unpaired) electrons. The number of halogens is 1. The largest absolute Gasteiger partial charge is 0.419 e. The monoisotopic (exact) mass is 175 g/mol. The lowest BCUT2D eigenvalue weighted by molar-refractivity contribution is -0.736. The first-order valence-electron chi connectivity index (χ1n) is 2.89. The Bertz CT molecular complexity index is 217. The van der Waals surface area contributed by atoms with Gasteiger partial charge in [-0.2, -0.15) is 9.74 Å². The highest BCUT2D eigenvalue weighted by Crippen LogP contribution is 2.07. The molecule has 4 nitrogen and oxygen atoms in total. The first-order chi connectivity index (χ1) is 4.95. The number of nitrogens with zero attached hydrogens (tertiary/aromatic N) is 2. The zero-order chi connectivity index (χ0) is 9.07. The molecule has 0 aliphatic rings. The molecule has 0 saturated carbocycles. The molecule has 0 aliphatic carbocycles. The van der Waals surface area contributed by atoms with Crippen molar-refractivity contribution in [2.75, 3.05) is 13.6 Å². The molecular weight excluding hydrogens is 168 g/mol. The van der Waals surface area contributed by atoms with Crippen LogP contribution in [0.15, 0.2) is 0 Å². The molecule has 0 aromatic carbocycles. The van der Waals surface area contributed by atoms with Gasteiger partial charge in [-0.15, -0.1) is 0 Å². The fourth-order valence-corrected chi connectivity index (χ4v) is 0.617. The Morgan fingerprint density at radius 3 is 2.18 bits per heavy atom. The number of nitriles is 1. The molecule has 0 aromatic heterocycles. The Labute approximate surface area is 69.6 Å². The normalized spacial score (nSPS) is 14.7. The minimum atomic E-state index is -0.834. The van der Waals surface area contributed by atoms with Gasteiger partial charge in [0.1, 0.15) is 6.07 Å². The number of amides is 2. The molecule has 0 N–H and O–H groups in total. The number of rotatable bonds is 1. The van der Waals surface area contributed by atoms with Crippen molar-refractivity contribution in [2.24, 2.45) is 0 Å². The molecule has 0 aromatic rings. The van der Waals surface area contributed by atoms with E-state index in [-0.39, 0.29) is 6.54 Å². The maximum Gasteiger partial charge on any atom is 0.419 e. The van der Waals surface area contributed by atoms with E-state index in [0.717, 1.165) is 0 Å². The van der Waals surface area contributed by atoms with Gasteiger partial charge >= 0.3 is 11.3 Å². The van der Waals surface area contributed by atoms with E-state index in [1.165, 1.54) is 14.0 Å². The average Bonchev–Trinajstić information content (AvgIpc) is 1.87. The van der Waals surface area contributed by atoms with Crippen LogP contribution >= 0.6 is 11.6 Å². The Morgan fingerprint density at radius 2 is 2.09 bits per heavy atom. The van der Waals surface area contributed by atoms with Gasteiger partial charge < -0.3 is 0 Å². The van der Waals surface area contributed by atoms with Gasteiger partial charge in [-0.25, -0.2) is 9.59 Å². The van der Waals surface area contributed by atoms with Gasteiger partial charge in [0.15, 0.2) is 6.54 Å². The van der Waals surface area contributed by atoms with Gasteiger partial charge in [0.25, 0.3) is 0 Å². The summed E-state index contributed by atoms with van der Waals surface area (Å²) in [5.41, 5.74) is 0. The van der Waals surface area contributed by atoms with Crippen LogP contribution in [0.4, 0.5) is 4.79 Å². The molecule has 0 saturated heterocycles. The van der Waals surface area contributed by atoms with Crippen LogP contribution in [0.3, 0.4) is 0 Å². The van der Waals surface area contributed by atoms with E-state index in [0.29, 0.717) is 0 Å². The maximum absolute atomic E-state index is 10.8. The number of hydrogen-bond donors (Lipinski definition) is 0. The van der Waals surface area contributed by atoms with E-state index in [9.17, 15) is 9.59 Å². The van der Waals surface area contributed by atoms with Gasteiger partial charge in [0.05, 0.1) is 14.0 Å². The quantitative estimate of drug-likeness (QED) is 0.257. The van der Waals surface area contributed by atoms with Crippen molar-refractivity contribution in [1.82, 2.24) is 0 Å². The molecule has 5 heteroatoms. The number of hydrogen-bond acceptors (Lipinski definition) is 3. The number of quaternary nitrogens is 1. The van der Waals surface area contributed by atoms with Crippen molar-refractivity contribution in [1.29, 1.82) is 5.26 Å². The molecule has 1 unspecified atom stereocenters. The van der Waals surface area contributed by atoms with Gasteiger partial charge in [0, 0.05) is 11.6 Å². The average molecular weight is 176 g/mol. The molecular formula is C6H8ClN2O2+. The Morgan fingerprint density at radius 1 is 1.64 bits per heavy atom. The zero-order valence-electron chi connectivity index (χ0n) is 6.30. The lowest BCUT2D eigenvalue weighted by atomic mass is 10.4. The van der Waals surface area contributed by atoms with Crippen LogP contribution in [-0.2, 0) is 4.79 Å². The predicted molar refractivity (Wildman–Crippen MR) is 38.6 cm³/mol. The Hall–Kier alpha value is -0.920. The molecule has 0 rings (SSSR count). The van der Waals surface area contributed by atoms with Crippen LogP contribution in [0.1, 0.15) is 6.92 Å². The first-order valence-corrected chi connectivity index (χ1v) is 3.26. The summed E-state index contributed by atoms with van der Waals surface area (Å²) in [6.45, 7) is 0.995. The van der Waals surface area contributed by atoms with E-state index in [1.54, 1.807) is 6.07 Å². The Kier molecular flexibility index (Phi) is 3.18. The summed E-state index contributed by atoms with van der Waals surface area (Å²) < 4.78 is -0.669. The second-order valence-electron chi connectivity index (χ2n) is 2.28. The molecule has 0 bridgehead atoms. The van der Waals surface area contributed by atoms with Gasteiger partial charge in [-0.1, -0.05) is 0 Å². The van der Waals surface area contributed by atoms with Crippen molar-refractivity contribution < 1.29 is 14.1 Å². The van der Waals surface area contributed by atoms with E-state index in [1.807, 2.05) is 0 Å². The van der Waals surface area contributed by atoms with Crippen LogP contribution < -0.4 is 0 Å². The van der Waals surface area contributed by atoms with E-state index in [2.05, 4.69) is 0 Å². The molecule has 0 fully saturated rings. The second-order valence-corrected chi connectivity index (χ2v) is 2.60. The third kappa shape index (κ3) is 2.00. The van der Waals surface area contributed by atoms with Gasteiger partial charge in [-0.05, 0) is 0 Å². The second kappa shape index (κ2) is 3.46. The summed E-state index contributed by atoms with van der Waals surface area (Å²) in [4.78, 5) is 21.5. The number of imide groups is 1. The van der Waals surface area contributed by atoms with E-state index in [4.69, 9.17) is 16.9 Å². The zero-order valence-corrected chi connectivity index (χ0v) is 7.05. The molecule has 0 spiro atoms. The summed E-state index contributed by atoms with van der Waals surface area (Å²) in [6, 6.07) is 1.72. The molecule has 0 aliphatic heterocycles. The number of carbonyl (C=O) groups is 2. The van der Waals surface area contributed by atoms with Crippen molar-refractivity contribution in [3.05, 3.63) is 0 Å². The van der Waals surface area contributed by atoms with E-state index >= 15 is 0 Å². The van der Waals surface area contributed by atoms with Crippen molar-refractivity contribution >= 4 is 22.9 Å². The van der Waals surface area contributed by atoms with Crippen LogP contribution in [0.2, 0.25) is 0 Å². The highest BCUT2D eigenvalue weighted by Gasteiger charge is 2.35. The third-order valence-electron chi connectivity index (χ3n) is 1.47. The minimum absolute atomic E-state index is 0.225. The van der Waals surface area contributed by atoms with Gasteiger partial charge in [0.2, 0.25) is 0 Å². The smallest absolute Gasteiger partial charge is 0.231 e. The van der Waals surface area contributed by atoms with Crippen molar-refractivity contribution in [2.45, 2.75) is 6.92 Å². The van der Waals surface area contributed by atoms with Crippen molar-refractivity contribution in [3.8, 4) is 6.07 Å². The molecule has 2 amide bonds. The summed E-state index contributed by atoms with van der Waals surface area (Å²) in [7, 11) is 1.31. The fourth-order valence-electron chi connectivity index (χ4n) is 0.439. The first kappa shape index (κ1) is 10.1. The van der Waals surface area contributed by atoms with E-state index < -0.39 is 15.8 Å². The topological polar surface area (TPSA) is 57.9 Å². The van der Waals surface area contributed by atoms with Crippen LogP contribution in [0, 0.1) is 11.3 Å². The SMILES string of the molecule is CC(=O)[N+](C)(CC#N)C(=O)Cl. The Balaban J connectivity index is 4.70. The molecule has 0 heterocycles. The summed E-state index contributed by atoms with van der Waals surface area (Å²) in [6.07, 6.45) is 0. The maximum atomic E-state index is 10.8. The third-order valence-corrected chi connectivity index (χ3v) is 1.84. The molecule has 11 heavy (non-hydrogen) atoms. The minimum Gasteiger partial charge on any atom is -0.231 e. The summed E-state index contributed by atoms with van der Waals surface area (Å²) in [5, 5.41) is 7.44. The van der Waals surface area contributed by atoms with Crippen molar-refractivity contribution in [3.63, 3.8) is 0 Å². The highest BCUT2D eigenvalue weighted by molar-refractivity contribution is 6.61. The lowest BCUT2D eigenvalue weighted by Crippen LogP contribution is -2.50. The van der Waals surface area contributed by atoms with Crippen LogP contribution in [0.5, 0.6) is 0 Å². The number of carbonyl (C=O) groups excluding carboxylic acids is 2. The lowest BCUT2D eigenvalue weighted by Gasteiger charge is -2.20. The summed E-state index contributed by atoms with van der Waals surface area (Å²) >= 11 is 5.12. The summed E-state index contributed by atoms with van der Waals surface area (Å²) in [5.74, 6) is -0.438. The fraction of sp³-hybridized carbons (Fsp3) is 0.500. The van der Waals surface area contributed by atoms with Crippen LogP contribution in [-0.4, -0.2) is 29.3 Å². The molecule has 60 valence electrons. The standard InChI is InChI=1S/C6H8ClN2O2/c1-5(10)9(2,4-3-8)6(7)11/h4H2,1-2H3/q+1. The van der Waals surface area contributed by atoms with Gasteiger partial charge in [-0.3, -0.25) is 0 Å². The highest BCUT2D eigenvalue weighted by atomic mass is 35.5.